The lowest BCUT2D eigenvalue weighted by Crippen LogP contribution is -2.32. The van der Waals surface area contributed by atoms with E-state index in [9.17, 15) is 9.59 Å². The molecule has 1 heterocycles. The molecular formula is C15H9Cl2N3O2. The predicted molar refractivity (Wildman–Crippen MR) is 88.3 cm³/mol. The largest absolute Gasteiger partial charge is 0.349 e. The van der Waals surface area contributed by atoms with Gasteiger partial charge in [0.05, 0.1) is 27.2 Å². The van der Waals surface area contributed by atoms with Crippen molar-refractivity contribution in [3.63, 3.8) is 0 Å². The van der Waals surface area contributed by atoms with Gasteiger partial charge >= 0.3 is 5.69 Å². The molecule has 3 rings (SSSR count). The van der Waals surface area contributed by atoms with E-state index in [1.165, 1.54) is 6.21 Å². The SMILES string of the molecule is O=c1[nH]c2ccccc2c(=O)n1N=Cc1ccc(Cl)c(Cl)c1. The third-order valence-electron chi connectivity index (χ3n) is 3.05. The minimum Gasteiger partial charge on any atom is -0.305 e. The van der Waals surface area contributed by atoms with E-state index in [-0.39, 0.29) is 0 Å². The monoisotopic (exact) mass is 333 g/mol. The normalized spacial score (nSPS) is 11.4. The van der Waals surface area contributed by atoms with E-state index in [2.05, 4.69) is 10.1 Å². The first-order valence-corrected chi connectivity index (χ1v) is 7.05. The molecule has 1 N–H and O–H groups in total. The molecule has 0 spiro atoms. The molecule has 22 heavy (non-hydrogen) atoms. The highest BCUT2D eigenvalue weighted by molar-refractivity contribution is 6.42. The summed E-state index contributed by atoms with van der Waals surface area (Å²) >= 11 is 11.7. The molecule has 5 nitrogen and oxygen atoms in total. The fourth-order valence-corrected chi connectivity index (χ4v) is 2.28. The van der Waals surface area contributed by atoms with Gasteiger partial charge in [-0.15, -0.1) is 4.68 Å². The third kappa shape index (κ3) is 2.68. The molecule has 0 atom stereocenters. The van der Waals surface area contributed by atoms with Crippen molar-refractivity contribution in [3.8, 4) is 0 Å². The third-order valence-corrected chi connectivity index (χ3v) is 3.79. The van der Waals surface area contributed by atoms with Crippen LogP contribution in [0.5, 0.6) is 0 Å². The van der Waals surface area contributed by atoms with Crippen LogP contribution in [-0.4, -0.2) is 15.9 Å². The minimum absolute atomic E-state index is 0.366. The number of fused-ring (bicyclic) bond motifs is 1. The summed E-state index contributed by atoms with van der Waals surface area (Å²) in [6, 6.07) is 11.6. The van der Waals surface area contributed by atoms with E-state index in [0.717, 1.165) is 4.68 Å². The summed E-state index contributed by atoms with van der Waals surface area (Å²) < 4.78 is 0.769. The van der Waals surface area contributed by atoms with Crippen molar-refractivity contribution >= 4 is 40.3 Å². The molecule has 0 aliphatic heterocycles. The van der Waals surface area contributed by atoms with Crippen LogP contribution in [0.4, 0.5) is 0 Å². The van der Waals surface area contributed by atoms with E-state index in [4.69, 9.17) is 23.2 Å². The van der Waals surface area contributed by atoms with Gasteiger partial charge in [-0.25, -0.2) is 4.79 Å². The van der Waals surface area contributed by atoms with Gasteiger partial charge in [-0.05, 0) is 29.8 Å². The Bertz CT molecular complexity index is 1010. The van der Waals surface area contributed by atoms with Gasteiger partial charge in [0.1, 0.15) is 0 Å². The van der Waals surface area contributed by atoms with Gasteiger partial charge in [-0.2, -0.15) is 5.10 Å². The molecule has 110 valence electrons. The second-order valence-corrected chi connectivity index (χ2v) is 5.33. The minimum atomic E-state index is -0.611. The second-order valence-electron chi connectivity index (χ2n) is 4.51. The molecule has 0 saturated carbocycles. The Kier molecular flexibility index (Phi) is 3.83. The molecule has 3 aromatic rings. The van der Waals surface area contributed by atoms with Crippen molar-refractivity contribution < 1.29 is 0 Å². The fraction of sp³-hybridized carbons (Fsp3) is 0. The lowest BCUT2D eigenvalue weighted by atomic mass is 10.2. The number of H-pyrrole nitrogens is 1. The molecule has 0 radical (unpaired) electrons. The van der Waals surface area contributed by atoms with Gasteiger partial charge in [-0.1, -0.05) is 41.4 Å². The molecule has 0 amide bonds. The summed E-state index contributed by atoms with van der Waals surface area (Å²) in [4.78, 5) is 26.8. The number of hydrogen-bond acceptors (Lipinski definition) is 3. The standard InChI is InChI=1S/C15H9Cl2N3O2/c16-11-6-5-9(7-12(11)17)8-18-20-14(21)10-3-1-2-4-13(10)19-15(20)22/h1-8H,(H,19,22). The van der Waals surface area contributed by atoms with Crippen LogP contribution in [0.25, 0.3) is 10.9 Å². The van der Waals surface area contributed by atoms with Crippen LogP contribution in [0.1, 0.15) is 5.56 Å². The van der Waals surface area contributed by atoms with Gasteiger partial charge < -0.3 is 4.98 Å². The molecule has 1 aromatic heterocycles. The molecule has 0 bridgehead atoms. The number of aromatic nitrogens is 2. The van der Waals surface area contributed by atoms with Crippen LogP contribution < -0.4 is 11.2 Å². The molecule has 0 fully saturated rings. The first-order chi connectivity index (χ1) is 10.6. The first-order valence-electron chi connectivity index (χ1n) is 6.30. The van der Waals surface area contributed by atoms with Gasteiger partial charge in [0.25, 0.3) is 5.56 Å². The smallest absolute Gasteiger partial charge is 0.305 e. The summed E-state index contributed by atoms with van der Waals surface area (Å²) in [5, 5.41) is 5.10. The molecule has 0 aliphatic carbocycles. The van der Waals surface area contributed by atoms with Gasteiger partial charge in [0, 0.05) is 0 Å². The molecule has 2 aromatic carbocycles. The lowest BCUT2D eigenvalue weighted by molar-refractivity contribution is 0.771. The van der Waals surface area contributed by atoms with Crippen LogP contribution in [0.15, 0.2) is 57.2 Å². The Balaban J connectivity index is 2.10. The topological polar surface area (TPSA) is 67.2 Å². The summed E-state index contributed by atoms with van der Waals surface area (Å²) in [6.07, 6.45) is 1.37. The van der Waals surface area contributed by atoms with Crippen LogP contribution in [0, 0.1) is 0 Å². The van der Waals surface area contributed by atoms with Crippen molar-refractivity contribution in [2.24, 2.45) is 5.10 Å². The zero-order valence-corrected chi connectivity index (χ0v) is 12.6. The molecule has 7 heteroatoms. The summed E-state index contributed by atoms with van der Waals surface area (Å²) in [6.45, 7) is 0. The second kappa shape index (κ2) is 5.79. The van der Waals surface area contributed by atoms with Gasteiger partial charge in [-0.3, -0.25) is 4.79 Å². The maximum Gasteiger partial charge on any atom is 0.349 e. The predicted octanol–water partition coefficient (Wildman–Crippen LogP) is 2.88. The van der Waals surface area contributed by atoms with Crippen LogP contribution >= 0.6 is 23.2 Å². The zero-order chi connectivity index (χ0) is 15.7. The maximum atomic E-state index is 12.3. The number of hydrogen-bond donors (Lipinski definition) is 1. The summed E-state index contributed by atoms with van der Waals surface area (Å²) in [5.74, 6) is 0. The maximum absolute atomic E-state index is 12.3. The van der Waals surface area contributed by atoms with E-state index in [1.807, 2.05) is 0 Å². The van der Waals surface area contributed by atoms with E-state index in [1.54, 1.807) is 42.5 Å². The van der Waals surface area contributed by atoms with Crippen molar-refractivity contribution in [1.82, 2.24) is 9.66 Å². The number of para-hydroxylation sites is 1. The number of halogens is 2. The Hall–Kier alpha value is -2.37. The molecule has 0 aliphatic rings. The Morgan fingerprint density at radius 2 is 1.82 bits per heavy atom. The highest BCUT2D eigenvalue weighted by Crippen LogP contribution is 2.21. The Morgan fingerprint density at radius 1 is 1.05 bits per heavy atom. The van der Waals surface area contributed by atoms with E-state index >= 15 is 0 Å². The van der Waals surface area contributed by atoms with Crippen molar-refractivity contribution in [2.75, 3.05) is 0 Å². The molecule has 0 saturated heterocycles. The lowest BCUT2D eigenvalue weighted by Gasteiger charge is -2.01. The molecular weight excluding hydrogens is 325 g/mol. The highest BCUT2D eigenvalue weighted by Gasteiger charge is 2.05. The number of benzene rings is 2. The van der Waals surface area contributed by atoms with Crippen LogP contribution in [0.2, 0.25) is 10.0 Å². The fourth-order valence-electron chi connectivity index (χ4n) is 1.98. The van der Waals surface area contributed by atoms with Gasteiger partial charge in [0.15, 0.2) is 0 Å². The number of nitrogens with zero attached hydrogens (tertiary/aromatic N) is 2. The van der Waals surface area contributed by atoms with Gasteiger partial charge in [0.2, 0.25) is 0 Å². The number of nitrogens with one attached hydrogen (secondary N) is 1. The van der Waals surface area contributed by atoms with Crippen molar-refractivity contribution in [2.45, 2.75) is 0 Å². The average molecular weight is 334 g/mol. The van der Waals surface area contributed by atoms with Crippen molar-refractivity contribution in [1.29, 1.82) is 0 Å². The Labute approximate surface area is 134 Å². The van der Waals surface area contributed by atoms with Crippen LogP contribution in [-0.2, 0) is 0 Å². The van der Waals surface area contributed by atoms with E-state index in [0.29, 0.717) is 26.5 Å². The highest BCUT2D eigenvalue weighted by atomic mass is 35.5. The summed E-state index contributed by atoms with van der Waals surface area (Å²) in [7, 11) is 0. The zero-order valence-electron chi connectivity index (χ0n) is 11.1. The molecule has 0 unspecified atom stereocenters. The average Bonchev–Trinajstić information content (AvgIpc) is 2.50. The van der Waals surface area contributed by atoms with E-state index < -0.39 is 11.2 Å². The number of rotatable bonds is 2. The van der Waals surface area contributed by atoms with Crippen molar-refractivity contribution in [3.05, 3.63) is 78.9 Å². The Morgan fingerprint density at radius 3 is 2.59 bits per heavy atom. The first kappa shape index (κ1) is 14.6. The number of aromatic amines is 1. The quantitative estimate of drug-likeness (QED) is 0.732. The summed E-state index contributed by atoms with van der Waals surface area (Å²) in [5.41, 5.74) is -0.0111. The van der Waals surface area contributed by atoms with Crippen LogP contribution in [0.3, 0.4) is 0 Å².